The summed E-state index contributed by atoms with van der Waals surface area (Å²) in [5, 5.41) is 0.858. The third-order valence-electron chi connectivity index (χ3n) is 7.22. The molecule has 0 aliphatic carbocycles. The van der Waals surface area contributed by atoms with Crippen LogP contribution in [0.15, 0.2) is 46.6 Å². The number of halogens is 2. The third kappa shape index (κ3) is 4.60. The van der Waals surface area contributed by atoms with Crippen LogP contribution in [0.5, 0.6) is 0 Å². The Balaban J connectivity index is 1.72. The number of hydrogen-bond donors (Lipinski definition) is 0. The molecule has 0 bridgehead atoms. The van der Waals surface area contributed by atoms with E-state index in [4.69, 9.17) is 0 Å². The minimum Gasteiger partial charge on any atom is -0.350 e. The molecular formula is C28H31F2N5O2S. The molecule has 7 nitrogen and oxygen atoms in total. The van der Waals surface area contributed by atoms with Crippen LogP contribution in [-0.4, -0.2) is 76.8 Å². The Morgan fingerprint density at radius 1 is 1.24 bits per heavy atom. The number of benzene rings is 2. The molecule has 0 spiro atoms. The van der Waals surface area contributed by atoms with Gasteiger partial charge in [-0.1, -0.05) is 6.58 Å². The zero-order chi connectivity index (χ0) is 27.3. The van der Waals surface area contributed by atoms with E-state index in [2.05, 4.69) is 21.4 Å². The molecule has 0 unspecified atom stereocenters. The highest BCUT2D eigenvalue weighted by Crippen LogP contribution is 2.46. The van der Waals surface area contributed by atoms with Crippen molar-refractivity contribution in [1.29, 1.82) is 0 Å². The lowest BCUT2D eigenvalue weighted by molar-refractivity contribution is -0.126. The van der Waals surface area contributed by atoms with Crippen molar-refractivity contribution in [2.45, 2.75) is 36.6 Å². The Hall–Kier alpha value is -3.24. The molecule has 1 aromatic heterocycles. The Morgan fingerprint density at radius 2 is 2.00 bits per heavy atom. The van der Waals surface area contributed by atoms with Crippen molar-refractivity contribution in [3.8, 4) is 11.1 Å². The molecule has 2 aliphatic heterocycles. The van der Waals surface area contributed by atoms with Crippen LogP contribution in [0.25, 0.3) is 22.0 Å². The molecule has 1 saturated heterocycles. The van der Waals surface area contributed by atoms with Crippen molar-refractivity contribution in [3.05, 3.63) is 64.6 Å². The fourth-order valence-corrected chi connectivity index (χ4v) is 7.21. The summed E-state index contributed by atoms with van der Waals surface area (Å²) >= 11 is 1.63. The van der Waals surface area contributed by atoms with Crippen molar-refractivity contribution >= 4 is 34.4 Å². The first-order valence-electron chi connectivity index (χ1n) is 12.6. The maximum atomic E-state index is 15.1. The summed E-state index contributed by atoms with van der Waals surface area (Å²) in [5.74, 6) is -0.824. The molecule has 0 N–H and O–H groups in total. The Morgan fingerprint density at radius 3 is 2.66 bits per heavy atom. The predicted octanol–water partition coefficient (Wildman–Crippen LogP) is 3.91. The highest BCUT2D eigenvalue weighted by molar-refractivity contribution is 8.00. The molecule has 5 rings (SSSR count). The molecule has 3 heterocycles. The van der Waals surface area contributed by atoms with Crippen LogP contribution < -0.4 is 10.6 Å². The third-order valence-corrected chi connectivity index (χ3v) is 8.49. The van der Waals surface area contributed by atoms with Crippen molar-refractivity contribution in [3.63, 3.8) is 0 Å². The van der Waals surface area contributed by atoms with Gasteiger partial charge in [-0.05, 0) is 57.8 Å². The maximum absolute atomic E-state index is 15.1. The zero-order valence-electron chi connectivity index (χ0n) is 22.0. The van der Waals surface area contributed by atoms with E-state index in [9.17, 15) is 14.0 Å². The van der Waals surface area contributed by atoms with Gasteiger partial charge in [0.05, 0.1) is 5.52 Å². The molecule has 2 atom stereocenters. The fourth-order valence-electron chi connectivity index (χ4n) is 5.56. The lowest BCUT2D eigenvalue weighted by Crippen LogP contribution is -2.54. The first-order valence-corrected chi connectivity index (χ1v) is 13.5. The number of carbonyl (C=O) groups is 1. The molecule has 2 aromatic carbocycles. The van der Waals surface area contributed by atoms with Crippen molar-refractivity contribution < 1.29 is 13.6 Å². The van der Waals surface area contributed by atoms with Crippen molar-refractivity contribution in [2.24, 2.45) is 0 Å². The lowest BCUT2D eigenvalue weighted by atomic mass is 9.97. The molecule has 1 amide bonds. The van der Waals surface area contributed by atoms with E-state index in [0.717, 1.165) is 34.0 Å². The van der Waals surface area contributed by atoms with Crippen molar-refractivity contribution in [1.82, 2.24) is 19.4 Å². The summed E-state index contributed by atoms with van der Waals surface area (Å²) in [7, 11) is 3.95. The first kappa shape index (κ1) is 26.4. The summed E-state index contributed by atoms with van der Waals surface area (Å²) in [6, 6.07) is 5.50. The van der Waals surface area contributed by atoms with Gasteiger partial charge in [0.2, 0.25) is 5.91 Å². The van der Waals surface area contributed by atoms with Gasteiger partial charge in [0.25, 0.3) is 0 Å². The minimum atomic E-state index is -0.640. The first-order chi connectivity index (χ1) is 18.1. The fraction of sp³-hybridized carbons (Fsp3) is 0.393. The summed E-state index contributed by atoms with van der Waals surface area (Å²) in [6.45, 7) is 10.2. The molecule has 2 aliphatic rings. The normalized spacial score (nSPS) is 19.3. The standard InChI is InChI=1S/C28H31F2N5O2S/c1-6-23(36)33-9-10-34(17(3)13-33)27-21-11-16(2)24(20-8-7-18(29)12-22(20)30)26-25(21)35(28(37)31-27)15-19(38-26)14-32(4)5/h6-8,11-12,17,19H,1,9-10,13-15H2,2-5H3/t17-,19-/m0/s1. The van der Waals surface area contributed by atoms with Crippen LogP contribution in [-0.2, 0) is 11.3 Å². The van der Waals surface area contributed by atoms with Crippen LogP contribution in [0.1, 0.15) is 12.5 Å². The molecule has 200 valence electrons. The second kappa shape index (κ2) is 10.1. The molecule has 1 fully saturated rings. The van der Waals surface area contributed by atoms with Crippen molar-refractivity contribution in [2.75, 3.05) is 45.2 Å². The van der Waals surface area contributed by atoms with E-state index in [1.807, 2.05) is 34.0 Å². The number of thioether (sulfide) groups is 1. The minimum absolute atomic E-state index is 0.0440. The van der Waals surface area contributed by atoms with Crippen LogP contribution in [0.4, 0.5) is 14.6 Å². The SMILES string of the molecule is C=CC(=O)N1CCN(c2nc(=O)n3c4c(c(-c5ccc(F)cc5F)c(C)cc24)S[C@@H](CN(C)C)C3)[C@@H](C)C1. The number of anilines is 1. The second-order valence-corrected chi connectivity index (χ2v) is 11.6. The average molecular weight is 540 g/mol. The molecule has 3 aromatic rings. The topological polar surface area (TPSA) is 61.7 Å². The van der Waals surface area contributed by atoms with Gasteiger partial charge in [0, 0.05) is 71.5 Å². The Bertz CT molecular complexity index is 1510. The zero-order valence-corrected chi connectivity index (χ0v) is 22.8. The van der Waals surface area contributed by atoms with Gasteiger partial charge in [-0.3, -0.25) is 9.36 Å². The van der Waals surface area contributed by atoms with E-state index in [0.29, 0.717) is 43.1 Å². The van der Waals surface area contributed by atoms with Crippen LogP contribution >= 0.6 is 11.8 Å². The largest absolute Gasteiger partial charge is 0.350 e. The highest BCUT2D eigenvalue weighted by Gasteiger charge is 2.33. The Labute approximate surface area is 224 Å². The molecular weight excluding hydrogens is 508 g/mol. The van der Waals surface area contributed by atoms with Crippen LogP contribution in [0.2, 0.25) is 0 Å². The van der Waals surface area contributed by atoms with E-state index in [1.54, 1.807) is 21.2 Å². The maximum Gasteiger partial charge on any atom is 0.350 e. The quantitative estimate of drug-likeness (QED) is 0.459. The number of hydrogen-bond acceptors (Lipinski definition) is 6. The van der Waals surface area contributed by atoms with Gasteiger partial charge < -0.3 is 14.7 Å². The molecule has 0 radical (unpaired) electrons. The van der Waals surface area contributed by atoms with Gasteiger partial charge in [0.1, 0.15) is 17.5 Å². The predicted molar refractivity (Wildman–Crippen MR) is 148 cm³/mol. The smallest absolute Gasteiger partial charge is 0.350 e. The van der Waals surface area contributed by atoms with Gasteiger partial charge in [0.15, 0.2) is 0 Å². The van der Waals surface area contributed by atoms with E-state index >= 15 is 4.39 Å². The number of aryl methyl sites for hydroxylation is 1. The van der Waals surface area contributed by atoms with E-state index < -0.39 is 11.6 Å². The monoisotopic (exact) mass is 539 g/mol. The highest BCUT2D eigenvalue weighted by atomic mass is 32.2. The van der Waals surface area contributed by atoms with Crippen LogP contribution in [0, 0.1) is 18.6 Å². The Kier molecular flexibility index (Phi) is 7.04. The number of amides is 1. The number of piperazine rings is 1. The average Bonchev–Trinajstić information content (AvgIpc) is 2.86. The number of nitrogens with zero attached hydrogens (tertiary/aromatic N) is 5. The number of carbonyl (C=O) groups excluding carboxylic acids is 1. The lowest BCUT2D eigenvalue weighted by Gasteiger charge is -2.41. The summed E-state index contributed by atoms with van der Waals surface area (Å²) in [5.41, 5.74) is 2.16. The summed E-state index contributed by atoms with van der Waals surface area (Å²) in [6.07, 6.45) is 1.32. The molecule has 38 heavy (non-hydrogen) atoms. The van der Waals surface area contributed by atoms with Gasteiger partial charge in [-0.25, -0.2) is 13.6 Å². The van der Waals surface area contributed by atoms with Gasteiger partial charge in [-0.2, -0.15) is 4.98 Å². The van der Waals surface area contributed by atoms with E-state index in [1.165, 1.54) is 18.2 Å². The second-order valence-electron chi connectivity index (χ2n) is 10.3. The summed E-state index contributed by atoms with van der Waals surface area (Å²) < 4.78 is 30.6. The number of aromatic nitrogens is 2. The number of rotatable bonds is 5. The van der Waals surface area contributed by atoms with E-state index in [-0.39, 0.29) is 22.9 Å². The van der Waals surface area contributed by atoms with Gasteiger partial charge in [-0.15, -0.1) is 11.8 Å². The molecule has 0 saturated carbocycles. The molecule has 10 heteroatoms. The summed E-state index contributed by atoms with van der Waals surface area (Å²) in [4.78, 5) is 37.0. The van der Waals surface area contributed by atoms with Gasteiger partial charge >= 0.3 is 5.69 Å². The van der Waals surface area contributed by atoms with Crippen LogP contribution in [0.3, 0.4) is 0 Å².